The van der Waals surface area contributed by atoms with Crippen LogP contribution in [0.2, 0.25) is 5.02 Å². The molecule has 0 saturated carbocycles. The van der Waals surface area contributed by atoms with Gasteiger partial charge in [-0.25, -0.2) is 4.98 Å². The highest BCUT2D eigenvalue weighted by Gasteiger charge is 2.11. The fraction of sp³-hybridized carbons (Fsp3) is 0.312. The van der Waals surface area contributed by atoms with Gasteiger partial charge in [0.15, 0.2) is 0 Å². The first-order valence-corrected chi connectivity index (χ1v) is 7.22. The minimum Gasteiger partial charge on any atom is -0.487 e. The molecule has 0 amide bonds. The number of hydrogen-bond donors (Lipinski definition) is 1. The van der Waals surface area contributed by atoms with Gasteiger partial charge < -0.3 is 10.1 Å². The van der Waals surface area contributed by atoms with Crippen molar-refractivity contribution in [1.29, 1.82) is 0 Å². The second-order valence-corrected chi connectivity index (χ2v) is 5.35. The molecule has 0 aliphatic heterocycles. The van der Waals surface area contributed by atoms with Crippen LogP contribution >= 0.6 is 11.6 Å². The molecule has 1 heterocycles. The maximum absolute atomic E-state index is 6.14. The monoisotopic (exact) mass is 288 g/mol. The van der Waals surface area contributed by atoms with Crippen molar-refractivity contribution in [3.63, 3.8) is 0 Å². The molecule has 3 nitrogen and oxygen atoms in total. The summed E-state index contributed by atoms with van der Waals surface area (Å²) in [6.07, 6.45) is 3.59. The van der Waals surface area contributed by atoms with Crippen molar-refractivity contribution in [2.45, 2.75) is 25.9 Å². The molecule has 0 fully saturated rings. The Morgan fingerprint density at radius 1 is 1.20 bits per heavy atom. The van der Waals surface area contributed by atoms with Gasteiger partial charge in [0.05, 0.1) is 10.7 Å². The predicted molar refractivity (Wildman–Crippen MR) is 81.6 cm³/mol. The molecule has 1 aromatic carbocycles. The van der Waals surface area contributed by atoms with Gasteiger partial charge in [0.1, 0.15) is 18.2 Å². The number of aromatic nitrogens is 1. The van der Waals surface area contributed by atoms with Crippen LogP contribution in [0.5, 0.6) is 5.75 Å². The summed E-state index contributed by atoms with van der Waals surface area (Å²) in [4.78, 5) is 4.41. The Morgan fingerprint density at radius 3 is 2.90 bits per heavy atom. The lowest BCUT2D eigenvalue weighted by Gasteiger charge is -2.10. The predicted octanol–water partition coefficient (Wildman–Crippen LogP) is 3.84. The van der Waals surface area contributed by atoms with E-state index >= 15 is 0 Å². The number of fused-ring (bicyclic) bond motifs is 1. The first-order chi connectivity index (χ1) is 9.76. The van der Waals surface area contributed by atoms with Crippen molar-refractivity contribution in [2.24, 2.45) is 0 Å². The van der Waals surface area contributed by atoms with Crippen LogP contribution in [0.25, 0.3) is 0 Å². The molecule has 0 radical (unpaired) electrons. The second kappa shape index (κ2) is 5.71. The van der Waals surface area contributed by atoms with E-state index in [0.29, 0.717) is 11.6 Å². The Bertz CT molecular complexity index is 628. The Hall–Kier alpha value is -1.74. The van der Waals surface area contributed by atoms with E-state index in [-0.39, 0.29) is 0 Å². The minimum absolute atomic E-state index is 0.382. The molecule has 20 heavy (non-hydrogen) atoms. The number of nitrogens with zero attached hydrogens (tertiary/aromatic N) is 1. The largest absolute Gasteiger partial charge is 0.487 e. The number of rotatable bonds is 4. The Kier molecular flexibility index (Phi) is 3.79. The SMILES string of the molecule is CNc1ccc(Cl)c(COc2ccc3c(c2)CCC3)n1. The van der Waals surface area contributed by atoms with Crippen LogP contribution in [0.4, 0.5) is 5.82 Å². The average Bonchev–Trinajstić information content (AvgIpc) is 2.94. The van der Waals surface area contributed by atoms with Gasteiger partial charge in [-0.1, -0.05) is 17.7 Å². The average molecular weight is 289 g/mol. The van der Waals surface area contributed by atoms with Crippen LogP contribution in [0.1, 0.15) is 23.2 Å². The molecule has 2 aromatic rings. The highest BCUT2D eigenvalue weighted by atomic mass is 35.5. The number of aryl methyl sites for hydroxylation is 2. The molecule has 1 aromatic heterocycles. The van der Waals surface area contributed by atoms with Crippen LogP contribution in [0.15, 0.2) is 30.3 Å². The lowest BCUT2D eigenvalue weighted by molar-refractivity contribution is 0.301. The van der Waals surface area contributed by atoms with Crippen LogP contribution in [-0.2, 0) is 19.4 Å². The normalized spacial score (nSPS) is 13.1. The van der Waals surface area contributed by atoms with E-state index in [2.05, 4.69) is 22.4 Å². The molecule has 4 heteroatoms. The quantitative estimate of drug-likeness (QED) is 0.928. The van der Waals surface area contributed by atoms with Crippen molar-refractivity contribution in [2.75, 3.05) is 12.4 Å². The van der Waals surface area contributed by atoms with Gasteiger partial charge in [0.25, 0.3) is 0 Å². The molecule has 0 bridgehead atoms. The highest BCUT2D eigenvalue weighted by Crippen LogP contribution is 2.27. The van der Waals surface area contributed by atoms with Gasteiger partial charge in [-0.15, -0.1) is 0 Å². The zero-order valence-electron chi connectivity index (χ0n) is 11.4. The Labute approximate surface area is 123 Å². The second-order valence-electron chi connectivity index (χ2n) is 4.95. The Morgan fingerprint density at radius 2 is 2.05 bits per heavy atom. The number of halogens is 1. The van der Waals surface area contributed by atoms with Crippen molar-refractivity contribution in [3.05, 3.63) is 52.2 Å². The zero-order chi connectivity index (χ0) is 13.9. The van der Waals surface area contributed by atoms with Gasteiger partial charge >= 0.3 is 0 Å². The third kappa shape index (κ3) is 2.73. The maximum Gasteiger partial charge on any atom is 0.132 e. The van der Waals surface area contributed by atoms with E-state index in [1.54, 1.807) is 0 Å². The summed E-state index contributed by atoms with van der Waals surface area (Å²) in [6.45, 7) is 0.382. The number of nitrogens with one attached hydrogen (secondary N) is 1. The van der Waals surface area contributed by atoms with Gasteiger partial charge in [0, 0.05) is 7.05 Å². The molecular formula is C16H17ClN2O. The lowest BCUT2D eigenvalue weighted by Crippen LogP contribution is -2.02. The van der Waals surface area contributed by atoms with Gasteiger partial charge in [-0.2, -0.15) is 0 Å². The first kappa shape index (κ1) is 13.3. The maximum atomic E-state index is 6.14. The van der Waals surface area contributed by atoms with Crippen LogP contribution in [-0.4, -0.2) is 12.0 Å². The van der Waals surface area contributed by atoms with Crippen molar-refractivity contribution in [3.8, 4) is 5.75 Å². The van der Waals surface area contributed by atoms with Gasteiger partial charge in [-0.3, -0.25) is 0 Å². The van der Waals surface area contributed by atoms with E-state index < -0.39 is 0 Å². The van der Waals surface area contributed by atoms with Crippen molar-refractivity contribution in [1.82, 2.24) is 4.98 Å². The van der Waals surface area contributed by atoms with E-state index in [9.17, 15) is 0 Å². The number of ether oxygens (including phenoxy) is 1. The standard InChI is InChI=1S/C16H17ClN2O/c1-18-16-8-7-14(17)15(19-16)10-20-13-6-5-11-3-2-4-12(11)9-13/h5-9H,2-4,10H2,1H3,(H,18,19). The molecule has 0 unspecified atom stereocenters. The minimum atomic E-state index is 0.382. The summed E-state index contributed by atoms with van der Waals surface area (Å²) >= 11 is 6.14. The summed E-state index contributed by atoms with van der Waals surface area (Å²) in [5, 5.41) is 3.63. The summed E-state index contributed by atoms with van der Waals surface area (Å²) in [7, 11) is 1.83. The van der Waals surface area contributed by atoms with E-state index in [0.717, 1.165) is 23.7 Å². The van der Waals surface area contributed by atoms with Gasteiger partial charge in [-0.05, 0) is 54.7 Å². The van der Waals surface area contributed by atoms with Crippen LogP contribution in [0, 0.1) is 0 Å². The zero-order valence-corrected chi connectivity index (χ0v) is 12.2. The first-order valence-electron chi connectivity index (χ1n) is 6.84. The molecule has 3 rings (SSSR count). The third-order valence-corrected chi connectivity index (χ3v) is 3.96. The fourth-order valence-electron chi connectivity index (χ4n) is 2.51. The molecule has 1 N–H and O–H groups in total. The topological polar surface area (TPSA) is 34.1 Å². The summed E-state index contributed by atoms with van der Waals surface area (Å²) in [6, 6.07) is 10.0. The molecule has 0 spiro atoms. The molecule has 104 valence electrons. The summed E-state index contributed by atoms with van der Waals surface area (Å²) < 4.78 is 5.82. The van der Waals surface area contributed by atoms with Gasteiger partial charge in [0.2, 0.25) is 0 Å². The molecule has 1 aliphatic carbocycles. The fourth-order valence-corrected chi connectivity index (χ4v) is 2.67. The molecule has 0 saturated heterocycles. The molecular weight excluding hydrogens is 272 g/mol. The van der Waals surface area contributed by atoms with Crippen molar-refractivity contribution >= 4 is 17.4 Å². The molecule has 1 aliphatic rings. The Balaban J connectivity index is 1.73. The molecule has 0 atom stereocenters. The summed E-state index contributed by atoms with van der Waals surface area (Å²) in [5.74, 6) is 1.68. The van der Waals surface area contributed by atoms with Crippen LogP contribution in [0.3, 0.4) is 0 Å². The summed E-state index contributed by atoms with van der Waals surface area (Å²) in [5.41, 5.74) is 3.61. The number of anilines is 1. The highest BCUT2D eigenvalue weighted by molar-refractivity contribution is 6.31. The van der Waals surface area contributed by atoms with Crippen LogP contribution < -0.4 is 10.1 Å². The number of benzene rings is 1. The van der Waals surface area contributed by atoms with E-state index in [4.69, 9.17) is 16.3 Å². The third-order valence-electron chi connectivity index (χ3n) is 3.62. The lowest BCUT2D eigenvalue weighted by atomic mass is 10.1. The smallest absolute Gasteiger partial charge is 0.132 e. The van der Waals surface area contributed by atoms with Crippen molar-refractivity contribution < 1.29 is 4.74 Å². The number of pyridine rings is 1. The number of hydrogen-bond acceptors (Lipinski definition) is 3. The van der Waals surface area contributed by atoms with E-state index in [1.807, 2.05) is 25.2 Å². The van der Waals surface area contributed by atoms with E-state index in [1.165, 1.54) is 24.0 Å².